The lowest BCUT2D eigenvalue weighted by molar-refractivity contribution is -0.143. The van der Waals surface area contributed by atoms with Crippen molar-refractivity contribution in [1.29, 1.82) is 0 Å². The lowest BCUT2D eigenvalue weighted by atomic mass is 10.0. The second-order valence-corrected chi connectivity index (χ2v) is 5.99. The zero-order chi connectivity index (χ0) is 15.4. The first-order valence-corrected chi connectivity index (χ1v) is 7.52. The van der Waals surface area contributed by atoms with Crippen LogP contribution in [-0.4, -0.2) is 29.0 Å². The molecule has 0 bridgehead atoms. The van der Waals surface area contributed by atoms with Crippen LogP contribution in [-0.2, 0) is 20.7 Å². The minimum Gasteiger partial charge on any atom is -0.440 e. The number of benzene rings is 1. The van der Waals surface area contributed by atoms with E-state index in [4.69, 9.17) is 4.74 Å². The molecule has 0 aliphatic carbocycles. The van der Waals surface area contributed by atoms with Gasteiger partial charge in [0.2, 0.25) is 5.91 Å². The molecular formula is C17H23NO3. The largest absolute Gasteiger partial charge is 0.440 e. The van der Waals surface area contributed by atoms with Gasteiger partial charge in [0.1, 0.15) is 6.04 Å². The minimum absolute atomic E-state index is 0.0930. The highest BCUT2D eigenvalue weighted by Crippen LogP contribution is 2.26. The Labute approximate surface area is 126 Å². The second-order valence-electron chi connectivity index (χ2n) is 5.99. The molecule has 1 amide bonds. The van der Waals surface area contributed by atoms with Crippen molar-refractivity contribution in [2.45, 2.75) is 52.3 Å². The summed E-state index contributed by atoms with van der Waals surface area (Å²) in [6, 6.07) is 9.60. The molecule has 2 atom stereocenters. The molecule has 1 fully saturated rings. The maximum Gasteiger partial charge on any atom is 0.330 e. The number of carbonyl (C=O) groups excluding carboxylic acids is 2. The average molecular weight is 289 g/mol. The van der Waals surface area contributed by atoms with Crippen LogP contribution in [0.2, 0.25) is 0 Å². The third kappa shape index (κ3) is 3.84. The van der Waals surface area contributed by atoms with Gasteiger partial charge in [0.25, 0.3) is 0 Å². The fourth-order valence-corrected chi connectivity index (χ4v) is 2.80. The van der Waals surface area contributed by atoms with Gasteiger partial charge in [-0.3, -0.25) is 9.69 Å². The Morgan fingerprint density at radius 1 is 1.29 bits per heavy atom. The molecule has 21 heavy (non-hydrogen) atoms. The van der Waals surface area contributed by atoms with E-state index in [1.54, 1.807) is 4.90 Å². The Kier molecular flexibility index (Phi) is 4.99. The normalized spacial score (nSPS) is 21.7. The van der Waals surface area contributed by atoms with Crippen LogP contribution in [0.3, 0.4) is 0 Å². The molecule has 1 aliphatic heterocycles. The van der Waals surface area contributed by atoms with Gasteiger partial charge in [0, 0.05) is 13.3 Å². The molecule has 0 radical (unpaired) electrons. The van der Waals surface area contributed by atoms with Crippen LogP contribution in [0.15, 0.2) is 30.3 Å². The van der Waals surface area contributed by atoms with Gasteiger partial charge in [-0.1, -0.05) is 44.2 Å². The summed E-state index contributed by atoms with van der Waals surface area (Å²) in [6.45, 7) is 5.59. The van der Waals surface area contributed by atoms with Crippen molar-refractivity contribution in [3.05, 3.63) is 35.9 Å². The van der Waals surface area contributed by atoms with Crippen molar-refractivity contribution in [2.24, 2.45) is 5.92 Å². The van der Waals surface area contributed by atoms with E-state index in [9.17, 15) is 9.59 Å². The molecule has 0 spiro atoms. The summed E-state index contributed by atoms with van der Waals surface area (Å²) in [7, 11) is 0. The quantitative estimate of drug-likeness (QED) is 0.783. The fourth-order valence-electron chi connectivity index (χ4n) is 2.80. The summed E-state index contributed by atoms with van der Waals surface area (Å²) in [5.74, 6) is -0.0150. The highest BCUT2D eigenvalue weighted by Gasteiger charge is 2.43. The van der Waals surface area contributed by atoms with Gasteiger partial charge in [-0.2, -0.15) is 0 Å². The summed E-state index contributed by atoms with van der Waals surface area (Å²) in [6.07, 6.45) is 1.65. The summed E-state index contributed by atoms with van der Waals surface area (Å²) in [5, 5.41) is 0. The highest BCUT2D eigenvalue weighted by atomic mass is 16.6. The number of rotatable bonds is 5. The SMILES string of the molecule is CC(=O)N1C(CCc2ccccc2)OC(=O)C1CC(C)C. The number of hydrogen-bond acceptors (Lipinski definition) is 3. The topological polar surface area (TPSA) is 46.6 Å². The molecule has 2 rings (SSSR count). The molecule has 114 valence electrons. The molecular weight excluding hydrogens is 266 g/mol. The maximum atomic E-state index is 12.0. The number of ether oxygens (including phenoxy) is 1. The van der Waals surface area contributed by atoms with Crippen molar-refractivity contribution in [3.8, 4) is 0 Å². The fraction of sp³-hybridized carbons (Fsp3) is 0.529. The van der Waals surface area contributed by atoms with Gasteiger partial charge in [-0.15, -0.1) is 0 Å². The van der Waals surface area contributed by atoms with E-state index in [1.165, 1.54) is 12.5 Å². The van der Waals surface area contributed by atoms with Gasteiger partial charge in [0.15, 0.2) is 6.23 Å². The summed E-state index contributed by atoms with van der Waals surface area (Å²) in [5.41, 5.74) is 1.18. The Morgan fingerprint density at radius 3 is 2.52 bits per heavy atom. The molecule has 4 nitrogen and oxygen atoms in total. The Morgan fingerprint density at radius 2 is 1.95 bits per heavy atom. The number of nitrogens with zero attached hydrogens (tertiary/aromatic N) is 1. The molecule has 0 N–H and O–H groups in total. The number of cyclic esters (lactones) is 1. The van der Waals surface area contributed by atoms with E-state index in [-0.39, 0.29) is 11.9 Å². The average Bonchev–Trinajstić information content (AvgIpc) is 2.73. The van der Waals surface area contributed by atoms with Gasteiger partial charge >= 0.3 is 5.97 Å². The molecule has 1 saturated heterocycles. The number of carbonyl (C=O) groups is 2. The zero-order valence-electron chi connectivity index (χ0n) is 12.9. The van der Waals surface area contributed by atoms with Crippen LogP contribution in [0.5, 0.6) is 0 Å². The third-order valence-electron chi connectivity index (χ3n) is 3.75. The molecule has 2 unspecified atom stereocenters. The van der Waals surface area contributed by atoms with Gasteiger partial charge in [-0.25, -0.2) is 4.79 Å². The first-order valence-electron chi connectivity index (χ1n) is 7.52. The van der Waals surface area contributed by atoms with Gasteiger partial charge in [-0.05, 0) is 24.3 Å². The maximum absolute atomic E-state index is 12.0. The Bertz CT molecular complexity index is 498. The van der Waals surface area contributed by atoms with E-state index in [1.807, 2.05) is 44.2 Å². The van der Waals surface area contributed by atoms with E-state index in [2.05, 4.69) is 0 Å². The van der Waals surface area contributed by atoms with E-state index in [0.29, 0.717) is 18.8 Å². The Hall–Kier alpha value is -1.84. The standard InChI is InChI=1S/C17H23NO3/c1-12(2)11-15-17(20)21-16(18(15)13(3)19)10-9-14-7-5-4-6-8-14/h4-8,12,15-16H,9-11H2,1-3H3. The monoisotopic (exact) mass is 289 g/mol. The van der Waals surface area contributed by atoms with Crippen molar-refractivity contribution < 1.29 is 14.3 Å². The molecule has 0 saturated carbocycles. The minimum atomic E-state index is -0.432. The first-order chi connectivity index (χ1) is 9.99. The van der Waals surface area contributed by atoms with Crippen LogP contribution >= 0.6 is 0 Å². The van der Waals surface area contributed by atoms with E-state index < -0.39 is 12.3 Å². The summed E-state index contributed by atoms with van der Waals surface area (Å²) in [4.78, 5) is 25.5. The lowest BCUT2D eigenvalue weighted by Gasteiger charge is -2.25. The van der Waals surface area contributed by atoms with Crippen molar-refractivity contribution in [2.75, 3.05) is 0 Å². The van der Waals surface area contributed by atoms with Crippen LogP contribution in [0.4, 0.5) is 0 Å². The lowest BCUT2D eigenvalue weighted by Crippen LogP contribution is -2.42. The summed E-state index contributed by atoms with van der Waals surface area (Å²) >= 11 is 0. The van der Waals surface area contributed by atoms with Crippen molar-refractivity contribution in [3.63, 3.8) is 0 Å². The van der Waals surface area contributed by atoms with Gasteiger partial charge in [0.05, 0.1) is 0 Å². The first kappa shape index (κ1) is 15.5. The molecule has 1 aromatic rings. The molecule has 4 heteroatoms. The number of esters is 1. The predicted molar refractivity (Wildman–Crippen MR) is 80.4 cm³/mol. The molecule has 0 aromatic heterocycles. The molecule has 1 aliphatic rings. The smallest absolute Gasteiger partial charge is 0.330 e. The number of hydrogen-bond donors (Lipinski definition) is 0. The second kappa shape index (κ2) is 6.74. The van der Waals surface area contributed by atoms with Crippen LogP contribution < -0.4 is 0 Å². The van der Waals surface area contributed by atoms with Crippen LogP contribution in [0.25, 0.3) is 0 Å². The highest BCUT2D eigenvalue weighted by molar-refractivity contribution is 5.86. The Balaban J connectivity index is 2.04. The number of aryl methyl sites for hydroxylation is 1. The molecule has 1 heterocycles. The predicted octanol–water partition coefficient (Wildman–Crippen LogP) is 2.77. The van der Waals surface area contributed by atoms with Crippen molar-refractivity contribution in [1.82, 2.24) is 4.90 Å². The van der Waals surface area contributed by atoms with Gasteiger partial charge < -0.3 is 4.74 Å². The summed E-state index contributed by atoms with van der Waals surface area (Å²) < 4.78 is 5.44. The van der Waals surface area contributed by atoms with E-state index in [0.717, 1.165) is 6.42 Å². The molecule has 1 aromatic carbocycles. The zero-order valence-corrected chi connectivity index (χ0v) is 12.9. The van der Waals surface area contributed by atoms with Crippen molar-refractivity contribution >= 4 is 11.9 Å². The van der Waals surface area contributed by atoms with E-state index >= 15 is 0 Å². The number of amides is 1. The van der Waals surface area contributed by atoms with Crippen LogP contribution in [0.1, 0.15) is 39.2 Å². The third-order valence-corrected chi connectivity index (χ3v) is 3.75. The van der Waals surface area contributed by atoms with Crippen LogP contribution in [0, 0.1) is 5.92 Å².